The Labute approximate surface area is 128 Å². The van der Waals surface area contributed by atoms with Gasteiger partial charge in [0.2, 0.25) is 0 Å². The van der Waals surface area contributed by atoms with Crippen LogP contribution in [0.5, 0.6) is 0 Å². The maximum absolute atomic E-state index is 10.3. The summed E-state index contributed by atoms with van der Waals surface area (Å²) in [6.07, 6.45) is 2.50. The fraction of sp³-hybridized carbons (Fsp3) is 0.294. The molecule has 2 aromatic carbocycles. The zero-order valence-electron chi connectivity index (χ0n) is 11.1. The second-order valence-corrected chi connectivity index (χ2v) is 5.95. The molecule has 0 radical (unpaired) electrons. The van der Waals surface area contributed by atoms with Crippen LogP contribution in [-0.2, 0) is 6.42 Å². The summed E-state index contributed by atoms with van der Waals surface area (Å²) in [6, 6.07) is 16.6. The van der Waals surface area contributed by atoms with Gasteiger partial charge in [0, 0.05) is 3.57 Å². The van der Waals surface area contributed by atoms with E-state index in [9.17, 15) is 5.11 Å². The number of hydrogen-bond acceptors (Lipinski definition) is 1. The van der Waals surface area contributed by atoms with Gasteiger partial charge in [0.25, 0.3) is 0 Å². The molecule has 0 aliphatic rings. The van der Waals surface area contributed by atoms with Crippen LogP contribution in [-0.4, -0.2) is 5.11 Å². The topological polar surface area (TPSA) is 20.2 Å². The van der Waals surface area contributed by atoms with Crippen LogP contribution in [0, 0.1) is 10.5 Å². The highest BCUT2D eigenvalue weighted by atomic mass is 127. The van der Waals surface area contributed by atoms with E-state index in [1.807, 2.05) is 18.2 Å². The van der Waals surface area contributed by atoms with Crippen molar-refractivity contribution in [3.63, 3.8) is 0 Å². The molecule has 0 aromatic heterocycles. The molecule has 19 heavy (non-hydrogen) atoms. The second kappa shape index (κ2) is 7.06. The molecule has 0 amide bonds. The van der Waals surface area contributed by atoms with Gasteiger partial charge in [0.15, 0.2) is 0 Å². The van der Waals surface area contributed by atoms with E-state index < -0.39 is 0 Å². The van der Waals surface area contributed by atoms with E-state index in [1.54, 1.807) is 0 Å². The summed E-state index contributed by atoms with van der Waals surface area (Å²) in [6.45, 7) is 2.09. The van der Waals surface area contributed by atoms with Crippen LogP contribution in [0.4, 0.5) is 0 Å². The number of hydrogen-bond donors (Lipinski definition) is 1. The first-order valence-electron chi connectivity index (χ1n) is 6.65. The first kappa shape index (κ1) is 14.5. The van der Waals surface area contributed by atoms with Gasteiger partial charge in [-0.2, -0.15) is 0 Å². The lowest BCUT2D eigenvalue weighted by atomic mass is 10.00. The van der Waals surface area contributed by atoms with Crippen molar-refractivity contribution in [3.8, 4) is 0 Å². The summed E-state index contributed by atoms with van der Waals surface area (Å²) >= 11 is 2.32. The largest absolute Gasteiger partial charge is 0.388 e. The van der Waals surface area contributed by atoms with Crippen molar-refractivity contribution in [2.24, 2.45) is 0 Å². The fourth-order valence-corrected chi connectivity index (χ4v) is 2.95. The van der Waals surface area contributed by atoms with E-state index in [4.69, 9.17) is 0 Å². The minimum Gasteiger partial charge on any atom is -0.388 e. The van der Waals surface area contributed by atoms with Gasteiger partial charge in [-0.05, 0) is 65.5 Å². The molecule has 1 atom stereocenters. The zero-order valence-corrected chi connectivity index (χ0v) is 13.3. The van der Waals surface area contributed by atoms with E-state index in [0.29, 0.717) is 0 Å². The second-order valence-electron chi connectivity index (χ2n) is 4.87. The molecule has 1 N–H and O–H groups in total. The van der Waals surface area contributed by atoms with E-state index in [-0.39, 0.29) is 6.10 Å². The number of benzene rings is 2. The number of aliphatic hydroxyl groups is 1. The van der Waals surface area contributed by atoms with Crippen molar-refractivity contribution < 1.29 is 5.11 Å². The van der Waals surface area contributed by atoms with Crippen LogP contribution >= 0.6 is 22.6 Å². The number of rotatable bonds is 5. The Kier molecular flexibility index (Phi) is 5.40. The molecular weight excluding hydrogens is 347 g/mol. The van der Waals surface area contributed by atoms with Gasteiger partial charge in [-0.15, -0.1) is 0 Å². The Morgan fingerprint density at radius 1 is 1.05 bits per heavy atom. The smallest absolute Gasteiger partial charge is 0.0800 e. The number of aliphatic hydroxyl groups excluding tert-OH is 1. The van der Waals surface area contributed by atoms with Crippen LogP contribution in [0.2, 0.25) is 0 Å². The highest BCUT2D eigenvalue weighted by molar-refractivity contribution is 14.1. The fourth-order valence-electron chi connectivity index (χ4n) is 2.23. The first-order chi connectivity index (χ1) is 9.18. The maximum Gasteiger partial charge on any atom is 0.0800 e. The molecule has 2 rings (SSSR count). The third kappa shape index (κ3) is 4.05. The molecule has 0 aliphatic carbocycles. The molecule has 1 unspecified atom stereocenters. The Balaban J connectivity index is 1.91. The van der Waals surface area contributed by atoms with Gasteiger partial charge in [0.1, 0.15) is 0 Å². The minimum atomic E-state index is -0.351. The molecule has 1 nitrogen and oxygen atoms in total. The molecule has 100 valence electrons. The molecular formula is C17H19IO. The zero-order chi connectivity index (χ0) is 13.7. The summed E-state index contributed by atoms with van der Waals surface area (Å²) in [5.74, 6) is 0. The lowest BCUT2D eigenvalue weighted by molar-refractivity contribution is 0.164. The molecule has 0 fully saturated rings. The molecule has 0 saturated heterocycles. The molecule has 0 aliphatic heterocycles. The lowest BCUT2D eigenvalue weighted by Crippen LogP contribution is -2.02. The molecule has 0 spiro atoms. The van der Waals surface area contributed by atoms with Crippen molar-refractivity contribution in [2.45, 2.75) is 32.3 Å². The third-order valence-electron chi connectivity index (χ3n) is 3.37. The average molecular weight is 366 g/mol. The van der Waals surface area contributed by atoms with Gasteiger partial charge < -0.3 is 5.11 Å². The predicted molar refractivity (Wildman–Crippen MR) is 88.2 cm³/mol. The Bertz CT molecular complexity index is 522. The highest BCUT2D eigenvalue weighted by Crippen LogP contribution is 2.26. The first-order valence-corrected chi connectivity index (χ1v) is 7.73. The summed E-state index contributed by atoms with van der Waals surface area (Å²) in [7, 11) is 0. The van der Waals surface area contributed by atoms with Crippen molar-refractivity contribution >= 4 is 22.6 Å². The lowest BCUT2D eigenvalue weighted by Gasteiger charge is -2.14. The summed E-state index contributed by atoms with van der Waals surface area (Å²) in [5, 5.41) is 10.3. The van der Waals surface area contributed by atoms with Crippen LogP contribution in [0.15, 0.2) is 48.5 Å². The summed E-state index contributed by atoms with van der Waals surface area (Å²) in [4.78, 5) is 0. The molecule has 2 aromatic rings. The van der Waals surface area contributed by atoms with Crippen molar-refractivity contribution in [2.75, 3.05) is 0 Å². The minimum absolute atomic E-state index is 0.351. The Hall–Kier alpha value is -0.870. The summed E-state index contributed by atoms with van der Waals surface area (Å²) in [5.41, 5.74) is 3.64. The SMILES string of the molecule is Cc1cccc(C(O)CCCc2ccccc2)c1I. The van der Waals surface area contributed by atoms with E-state index in [0.717, 1.165) is 24.8 Å². The van der Waals surface area contributed by atoms with Crippen LogP contribution in [0.1, 0.15) is 35.6 Å². The average Bonchev–Trinajstić information content (AvgIpc) is 2.43. The summed E-state index contributed by atoms with van der Waals surface area (Å²) < 4.78 is 1.19. The third-order valence-corrected chi connectivity index (χ3v) is 4.84. The van der Waals surface area contributed by atoms with Gasteiger partial charge in [-0.3, -0.25) is 0 Å². The van der Waals surface area contributed by atoms with Crippen molar-refractivity contribution in [3.05, 3.63) is 68.8 Å². The van der Waals surface area contributed by atoms with Crippen molar-refractivity contribution in [1.29, 1.82) is 0 Å². The van der Waals surface area contributed by atoms with Crippen molar-refractivity contribution in [1.82, 2.24) is 0 Å². The van der Waals surface area contributed by atoms with Gasteiger partial charge in [-0.25, -0.2) is 0 Å². The highest BCUT2D eigenvalue weighted by Gasteiger charge is 2.11. The Morgan fingerprint density at radius 3 is 2.53 bits per heavy atom. The monoisotopic (exact) mass is 366 g/mol. The van der Waals surface area contributed by atoms with Gasteiger partial charge in [-0.1, -0.05) is 48.5 Å². The Morgan fingerprint density at radius 2 is 1.79 bits per heavy atom. The number of aryl methyl sites for hydroxylation is 2. The van der Waals surface area contributed by atoms with Crippen LogP contribution in [0.3, 0.4) is 0 Å². The van der Waals surface area contributed by atoms with Crippen LogP contribution < -0.4 is 0 Å². The van der Waals surface area contributed by atoms with Gasteiger partial charge >= 0.3 is 0 Å². The van der Waals surface area contributed by atoms with E-state index in [2.05, 4.69) is 59.8 Å². The normalized spacial score (nSPS) is 12.4. The maximum atomic E-state index is 10.3. The number of halogens is 1. The molecule has 0 heterocycles. The predicted octanol–water partition coefficient (Wildman–Crippen LogP) is 4.66. The molecule has 0 bridgehead atoms. The van der Waals surface area contributed by atoms with E-state index in [1.165, 1.54) is 14.7 Å². The molecule has 2 heteroatoms. The van der Waals surface area contributed by atoms with Gasteiger partial charge in [0.05, 0.1) is 6.10 Å². The molecule has 0 saturated carbocycles. The van der Waals surface area contributed by atoms with E-state index >= 15 is 0 Å². The van der Waals surface area contributed by atoms with Crippen LogP contribution in [0.25, 0.3) is 0 Å². The quantitative estimate of drug-likeness (QED) is 0.764. The standard InChI is InChI=1S/C17H19IO/c1-13-7-5-11-15(17(13)18)16(19)12-6-10-14-8-3-2-4-9-14/h2-5,7-9,11,16,19H,6,10,12H2,1H3.